The van der Waals surface area contributed by atoms with Crippen LogP contribution in [0.4, 0.5) is 0 Å². The molecule has 5 nitrogen and oxygen atoms in total. The Morgan fingerprint density at radius 1 is 1.36 bits per heavy atom. The Kier molecular flexibility index (Phi) is 3.42. The lowest BCUT2D eigenvalue weighted by Crippen LogP contribution is -2.51. The molecule has 4 aliphatic carbocycles. The van der Waals surface area contributed by atoms with Crippen molar-refractivity contribution >= 4 is 5.97 Å². The Bertz CT molecular complexity index is 680. The molecule has 3 saturated carbocycles. The number of fused-ring (bicyclic) bond motifs is 3. The standard InChI is InChI=1S/C20H28O5/c1-10-8-19-9-20(10,24)6-5-12(19)11-7-13(21)16(22)18(2,3)14(11)15(19)17(23)25-4/h7,12-16,21-22,24H,1,5-6,8-9H2,2-4H3/t12-,13+,14+,15+,16-,19-,20-/m0/s1. The van der Waals surface area contributed by atoms with Crippen molar-refractivity contribution in [1.82, 2.24) is 0 Å². The van der Waals surface area contributed by atoms with Gasteiger partial charge >= 0.3 is 5.97 Å². The van der Waals surface area contributed by atoms with E-state index in [1.54, 1.807) is 6.08 Å². The quantitative estimate of drug-likeness (QED) is 0.495. The number of carbonyl (C=O) groups excluding carboxylic acids is 1. The van der Waals surface area contributed by atoms with Crippen LogP contribution in [0.5, 0.6) is 0 Å². The summed E-state index contributed by atoms with van der Waals surface area (Å²) in [4.78, 5) is 12.9. The van der Waals surface area contributed by atoms with Gasteiger partial charge in [0, 0.05) is 11.3 Å². The maximum Gasteiger partial charge on any atom is 0.309 e. The predicted molar refractivity (Wildman–Crippen MR) is 91.4 cm³/mol. The molecular weight excluding hydrogens is 320 g/mol. The van der Waals surface area contributed by atoms with Gasteiger partial charge in [-0.25, -0.2) is 0 Å². The lowest BCUT2D eigenvalue weighted by Gasteiger charge is -2.45. The molecule has 138 valence electrons. The van der Waals surface area contributed by atoms with Crippen molar-refractivity contribution < 1.29 is 24.9 Å². The number of carbonyl (C=O) groups is 1. The maximum atomic E-state index is 12.9. The predicted octanol–water partition coefficient (Wildman–Crippen LogP) is 1.57. The van der Waals surface area contributed by atoms with Gasteiger partial charge in [-0.2, -0.15) is 0 Å². The van der Waals surface area contributed by atoms with Gasteiger partial charge in [-0.05, 0) is 42.6 Å². The smallest absolute Gasteiger partial charge is 0.309 e. The average molecular weight is 348 g/mol. The first-order valence-corrected chi connectivity index (χ1v) is 9.15. The maximum absolute atomic E-state index is 12.9. The third-order valence-corrected chi connectivity index (χ3v) is 7.78. The molecule has 0 amide bonds. The summed E-state index contributed by atoms with van der Waals surface area (Å²) in [5, 5.41) is 32.0. The highest BCUT2D eigenvalue weighted by Gasteiger charge is 2.71. The molecule has 3 N–H and O–H groups in total. The highest BCUT2D eigenvalue weighted by Crippen LogP contribution is 2.73. The van der Waals surface area contributed by atoms with Crippen molar-refractivity contribution in [1.29, 1.82) is 0 Å². The van der Waals surface area contributed by atoms with Gasteiger partial charge in [0.2, 0.25) is 0 Å². The topological polar surface area (TPSA) is 87.0 Å². The molecule has 0 saturated heterocycles. The molecule has 3 fully saturated rings. The summed E-state index contributed by atoms with van der Waals surface area (Å²) in [6.07, 6.45) is 2.42. The van der Waals surface area contributed by atoms with Gasteiger partial charge in [0.15, 0.2) is 0 Å². The van der Waals surface area contributed by atoms with Gasteiger partial charge in [0.05, 0.1) is 30.8 Å². The molecule has 0 unspecified atom stereocenters. The monoisotopic (exact) mass is 348 g/mol. The Balaban J connectivity index is 1.93. The third-order valence-electron chi connectivity index (χ3n) is 7.78. The number of aliphatic hydroxyl groups is 3. The number of hydrogen-bond donors (Lipinski definition) is 3. The number of hydrogen-bond acceptors (Lipinski definition) is 5. The summed E-state index contributed by atoms with van der Waals surface area (Å²) in [6.45, 7) is 7.94. The van der Waals surface area contributed by atoms with E-state index in [4.69, 9.17) is 4.74 Å². The molecule has 1 spiro atoms. The van der Waals surface area contributed by atoms with Crippen LogP contribution < -0.4 is 0 Å². The van der Waals surface area contributed by atoms with Crippen molar-refractivity contribution in [3.05, 3.63) is 23.8 Å². The lowest BCUT2D eigenvalue weighted by atomic mass is 9.61. The summed E-state index contributed by atoms with van der Waals surface area (Å²) in [5.74, 6) is -0.801. The largest absolute Gasteiger partial charge is 0.469 e. The number of methoxy groups -OCH3 is 1. The number of ether oxygens (including phenoxy) is 1. The van der Waals surface area contributed by atoms with E-state index in [2.05, 4.69) is 6.58 Å². The van der Waals surface area contributed by atoms with E-state index in [-0.39, 0.29) is 17.8 Å². The molecule has 0 aromatic heterocycles. The summed E-state index contributed by atoms with van der Waals surface area (Å²) < 4.78 is 5.18. The SMILES string of the molecule is C=C1C[C@]23C[C@@]1(O)CC[C@H]2C1=C[C@@H](O)[C@H](O)C(C)(C)[C@H]1[C@@H]3C(=O)OC. The first-order valence-electron chi connectivity index (χ1n) is 9.15. The molecule has 7 atom stereocenters. The van der Waals surface area contributed by atoms with Crippen molar-refractivity contribution in [2.24, 2.45) is 28.6 Å². The highest BCUT2D eigenvalue weighted by molar-refractivity contribution is 5.77. The van der Waals surface area contributed by atoms with Crippen LogP contribution in [-0.4, -0.2) is 46.2 Å². The van der Waals surface area contributed by atoms with Crippen LogP contribution >= 0.6 is 0 Å². The number of allylic oxidation sites excluding steroid dienone is 1. The Labute approximate surface area is 148 Å². The fourth-order valence-corrected chi connectivity index (χ4v) is 6.64. The van der Waals surface area contributed by atoms with Crippen LogP contribution in [0, 0.1) is 28.6 Å². The van der Waals surface area contributed by atoms with Crippen molar-refractivity contribution in [3.63, 3.8) is 0 Å². The average Bonchev–Trinajstić information content (AvgIpc) is 2.92. The summed E-state index contributed by atoms with van der Waals surface area (Å²) in [7, 11) is 1.40. The lowest BCUT2D eigenvalue weighted by molar-refractivity contribution is -0.158. The van der Waals surface area contributed by atoms with Crippen LogP contribution in [0.2, 0.25) is 0 Å². The molecule has 4 rings (SSSR count). The van der Waals surface area contributed by atoms with Gasteiger partial charge in [0.25, 0.3) is 0 Å². The zero-order valence-electron chi connectivity index (χ0n) is 15.2. The van der Waals surface area contributed by atoms with Gasteiger partial charge in [-0.3, -0.25) is 4.79 Å². The molecule has 0 aromatic rings. The molecule has 0 aliphatic heterocycles. The number of aliphatic hydroxyl groups excluding tert-OH is 2. The van der Waals surface area contributed by atoms with E-state index < -0.39 is 34.6 Å². The first kappa shape index (κ1) is 17.3. The molecule has 0 radical (unpaired) electrons. The zero-order valence-corrected chi connectivity index (χ0v) is 15.2. The van der Waals surface area contributed by atoms with E-state index in [1.807, 2.05) is 13.8 Å². The van der Waals surface area contributed by atoms with E-state index in [0.717, 1.165) is 17.6 Å². The second-order valence-electron chi connectivity index (χ2n) is 9.22. The summed E-state index contributed by atoms with van der Waals surface area (Å²) in [5.41, 5.74) is -0.111. The molecule has 0 aromatic carbocycles. The molecular formula is C20H28O5. The Morgan fingerprint density at radius 2 is 2.04 bits per heavy atom. The number of rotatable bonds is 1. The van der Waals surface area contributed by atoms with Gasteiger partial charge < -0.3 is 20.1 Å². The van der Waals surface area contributed by atoms with Crippen molar-refractivity contribution in [3.8, 4) is 0 Å². The molecule has 0 heterocycles. The zero-order chi connectivity index (χ0) is 18.4. The minimum absolute atomic E-state index is 0.113. The van der Waals surface area contributed by atoms with Gasteiger partial charge in [-0.15, -0.1) is 0 Å². The first-order chi connectivity index (χ1) is 11.6. The number of esters is 1. The van der Waals surface area contributed by atoms with E-state index >= 15 is 0 Å². The minimum Gasteiger partial charge on any atom is -0.469 e. The van der Waals surface area contributed by atoms with Crippen LogP contribution in [0.25, 0.3) is 0 Å². The highest BCUT2D eigenvalue weighted by atomic mass is 16.5. The normalized spacial score (nSPS) is 50.1. The van der Waals surface area contributed by atoms with E-state index in [9.17, 15) is 20.1 Å². The third kappa shape index (κ3) is 1.92. The van der Waals surface area contributed by atoms with Crippen molar-refractivity contribution in [2.75, 3.05) is 7.11 Å². The van der Waals surface area contributed by atoms with Crippen LogP contribution in [0.3, 0.4) is 0 Å². The van der Waals surface area contributed by atoms with E-state index in [0.29, 0.717) is 19.3 Å². The van der Waals surface area contributed by atoms with Crippen LogP contribution in [0.1, 0.15) is 39.5 Å². The second kappa shape index (κ2) is 4.96. The summed E-state index contributed by atoms with van der Waals surface area (Å²) >= 11 is 0. The molecule has 4 aliphatic rings. The second-order valence-corrected chi connectivity index (χ2v) is 9.22. The van der Waals surface area contributed by atoms with Crippen LogP contribution in [0.15, 0.2) is 23.8 Å². The van der Waals surface area contributed by atoms with E-state index in [1.165, 1.54) is 7.11 Å². The van der Waals surface area contributed by atoms with Gasteiger partial charge in [0.1, 0.15) is 0 Å². The summed E-state index contributed by atoms with van der Waals surface area (Å²) in [6, 6.07) is 0. The fourth-order valence-electron chi connectivity index (χ4n) is 6.64. The Hall–Kier alpha value is -1.17. The van der Waals surface area contributed by atoms with Crippen LogP contribution in [-0.2, 0) is 9.53 Å². The fraction of sp³-hybridized carbons (Fsp3) is 0.750. The Morgan fingerprint density at radius 3 is 2.68 bits per heavy atom. The molecule has 2 bridgehead atoms. The minimum atomic E-state index is -0.937. The molecule has 5 heteroatoms. The molecule has 25 heavy (non-hydrogen) atoms. The van der Waals surface area contributed by atoms with Gasteiger partial charge in [-0.1, -0.05) is 32.1 Å². The van der Waals surface area contributed by atoms with Crippen molar-refractivity contribution in [2.45, 2.75) is 57.3 Å².